The molecule has 0 amide bonds. The Morgan fingerprint density at radius 1 is 1.10 bits per heavy atom. The lowest BCUT2D eigenvalue weighted by Crippen LogP contribution is -2.37. The van der Waals surface area contributed by atoms with E-state index in [-0.39, 0.29) is 5.54 Å². The normalized spacial score (nSPS) is 24.2. The van der Waals surface area contributed by atoms with Crippen LogP contribution in [0.2, 0.25) is 0 Å². The molecule has 0 saturated carbocycles. The maximum absolute atomic E-state index is 4.15. The molecule has 1 aromatic carbocycles. The number of nitrogens with zero attached hydrogens (tertiary/aromatic N) is 1. The van der Waals surface area contributed by atoms with E-state index >= 15 is 0 Å². The molecule has 1 aliphatic heterocycles. The minimum Gasteiger partial charge on any atom is -0.304 e. The van der Waals surface area contributed by atoms with Gasteiger partial charge < -0.3 is 5.32 Å². The van der Waals surface area contributed by atoms with Crippen LogP contribution in [0.4, 0.5) is 0 Å². The summed E-state index contributed by atoms with van der Waals surface area (Å²) in [4.78, 5) is 4.15. The summed E-state index contributed by atoms with van der Waals surface area (Å²) in [5.74, 6) is 0.520. The van der Waals surface area contributed by atoms with Gasteiger partial charge in [0.1, 0.15) is 0 Å². The Balaban J connectivity index is 1.91. The average Bonchev–Trinajstić information content (AvgIpc) is 2.75. The standard InChI is InChI=1S/C19H24N2/c1-13-5-6-16(14(2)11-13)18-12-17(19(3,4)21-18)15-7-9-20-10-8-15/h5-11,17-18,21H,12H2,1-4H3/t17-,18-/m0/s1. The predicted molar refractivity (Wildman–Crippen MR) is 87.5 cm³/mol. The van der Waals surface area contributed by atoms with Crippen molar-refractivity contribution in [2.45, 2.75) is 51.6 Å². The zero-order valence-electron chi connectivity index (χ0n) is 13.4. The van der Waals surface area contributed by atoms with Crippen molar-refractivity contribution in [3.8, 4) is 0 Å². The molecule has 21 heavy (non-hydrogen) atoms. The first-order chi connectivity index (χ1) is 9.97. The van der Waals surface area contributed by atoms with Crippen LogP contribution in [-0.2, 0) is 0 Å². The molecule has 1 saturated heterocycles. The summed E-state index contributed by atoms with van der Waals surface area (Å²) in [6.07, 6.45) is 4.94. The van der Waals surface area contributed by atoms with Gasteiger partial charge in [0.05, 0.1) is 0 Å². The minimum absolute atomic E-state index is 0.101. The number of aromatic nitrogens is 1. The van der Waals surface area contributed by atoms with E-state index in [9.17, 15) is 0 Å². The minimum atomic E-state index is 0.101. The highest BCUT2D eigenvalue weighted by Gasteiger charge is 2.41. The molecule has 2 aromatic rings. The topological polar surface area (TPSA) is 24.9 Å². The molecule has 1 fully saturated rings. The summed E-state index contributed by atoms with van der Waals surface area (Å²) >= 11 is 0. The molecule has 0 spiro atoms. The number of pyridine rings is 1. The maximum atomic E-state index is 4.15. The van der Waals surface area contributed by atoms with E-state index in [2.05, 4.69) is 68.3 Å². The van der Waals surface area contributed by atoms with Gasteiger partial charge in [-0.15, -0.1) is 0 Å². The van der Waals surface area contributed by atoms with Gasteiger partial charge >= 0.3 is 0 Å². The van der Waals surface area contributed by atoms with Gasteiger partial charge in [-0.1, -0.05) is 23.8 Å². The monoisotopic (exact) mass is 280 g/mol. The third kappa shape index (κ3) is 2.73. The lowest BCUT2D eigenvalue weighted by Gasteiger charge is -2.27. The number of hydrogen-bond acceptors (Lipinski definition) is 2. The zero-order valence-corrected chi connectivity index (χ0v) is 13.4. The Labute approximate surface area is 127 Å². The van der Waals surface area contributed by atoms with Crippen molar-refractivity contribution in [3.63, 3.8) is 0 Å². The average molecular weight is 280 g/mol. The van der Waals surface area contributed by atoms with E-state index < -0.39 is 0 Å². The van der Waals surface area contributed by atoms with Crippen LogP contribution in [0.5, 0.6) is 0 Å². The Morgan fingerprint density at radius 3 is 2.48 bits per heavy atom. The highest BCUT2D eigenvalue weighted by atomic mass is 15.0. The summed E-state index contributed by atoms with van der Waals surface area (Å²) in [5, 5.41) is 3.83. The fourth-order valence-corrected chi connectivity index (χ4v) is 3.71. The maximum Gasteiger partial charge on any atom is 0.0334 e. The second kappa shape index (κ2) is 5.27. The quantitative estimate of drug-likeness (QED) is 0.887. The molecule has 0 bridgehead atoms. The molecule has 1 N–H and O–H groups in total. The van der Waals surface area contributed by atoms with Gasteiger partial charge in [-0.05, 0) is 62.9 Å². The number of benzene rings is 1. The first kappa shape index (κ1) is 14.3. The summed E-state index contributed by atoms with van der Waals surface area (Å²) in [6.45, 7) is 8.99. The highest BCUT2D eigenvalue weighted by Crippen LogP contribution is 2.44. The number of aryl methyl sites for hydroxylation is 2. The second-order valence-corrected chi connectivity index (χ2v) is 6.85. The summed E-state index contributed by atoms with van der Waals surface area (Å²) in [5.41, 5.74) is 5.64. The van der Waals surface area contributed by atoms with E-state index in [1.807, 2.05) is 12.4 Å². The van der Waals surface area contributed by atoms with Crippen LogP contribution in [0, 0.1) is 13.8 Å². The molecule has 0 radical (unpaired) electrons. The molecule has 2 heteroatoms. The molecular formula is C19H24N2. The molecule has 1 aliphatic rings. The van der Waals surface area contributed by atoms with Gasteiger partial charge in [-0.2, -0.15) is 0 Å². The Hall–Kier alpha value is -1.67. The second-order valence-electron chi connectivity index (χ2n) is 6.85. The van der Waals surface area contributed by atoms with Crippen LogP contribution < -0.4 is 5.32 Å². The number of hydrogen-bond donors (Lipinski definition) is 1. The molecule has 0 unspecified atom stereocenters. The van der Waals surface area contributed by atoms with Crippen LogP contribution in [0.25, 0.3) is 0 Å². The van der Waals surface area contributed by atoms with E-state index in [0.29, 0.717) is 12.0 Å². The summed E-state index contributed by atoms with van der Waals surface area (Å²) in [7, 11) is 0. The van der Waals surface area contributed by atoms with Crippen molar-refractivity contribution in [3.05, 3.63) is 65.0 Å². The van der Waals surface area contributed by atoms with Crippen LogP contribution in [0.15, 0.2) is 42.7 Å². The van der Waals surface area contributed by atoms with Gasteiger partial charge in [-0.25, -0.2) is 0 Å². The van der Waals surface area contributed by atoms with Crippen molar-refractivity contribution in [1.29, 1.82) is 0 Å². The molecule has 0 aliphatic carbocycles. The third-order valence-corrected chi connectivity index (χ3v) is 4.80. The van der Waals surface area contributed by atoms with Crippen molar-refractivity contribution in [2.75, 3.05) is 0 Å². The SMILES string of the molecule is Cc1ccc([C@@H]2C[C@@H](c3ccncc3)C(C)(C)N2)c(C)c1. The Morgan fingerprint density at radius 2 is 1.81 bits per heavy atom. The summed E-state index contributed by atoms with van der Waals surface area (Å²) in [6, 6.07) is 11.5. The van der Waals surface area contributed by atoms with Crippen LogP contribution >= 0.6 is 0 Å². The predicted octanol–water partition coefficient (Wildman–Crippen LogP) is 4.30. The molecule has 2 nitrogen and oxygen atoms in total. The van der Waals surface area contributed by atoms with E-state index in [1.165, 1.54) is 22.3 Å². The third-order valence-electron chi connectivity index (χ3n) is 4.80. The van der Waals surface area contributed by atoms with E-state index in [4.69, 9.17) is 0 Å². The molecular weight excluding hydrogens is 256 g/mol. The van der Waals surface area contributed by atoms with Crippen molar-refractivity contribution in [2.24, 2.45) is 0 Å². The molecule has 110 valence electrons. The number of rotatable bonds is 2. The van der Waals surface area contributed by atoms with Gasteiger partial charge in [-0.3, -0.25) is 4.98 Å². The van der Waals surface area contributed by atoms with Gasteiger partial charge in [0.15, 0.2) is 0 Å². The largest absolute Gasteiger partial charge is 0.304 e. The Kier molecular flexibility index (Phi) is 3.58. The first-order valence-corrected chi connectivity index (χ1v) is 7.72. The first-order valence-electron chi connectivity index (χ1n) is 7.72. The van der Waals surface area contributed by atoms with Crippen LogP contribution in [0.3, 0.4) is 0 Å². The van der Waals surface area contributed by atoms with Crippen molar-refractivity contribution < 1.29 is 0 Å². The molecule has 2 heterocycles. The fraction of sp³-hybridized carbons (Fsp3) is 0.421. The molecule has 2 atom stereocenters. The molecule has 3 rings (SSSR count). The van der Waals surface area contributed by atoms with Crippen LogP contribution in [-0.4, -0.2) is 10.5 Å². The fourth-order valence-electron chi connectivity index (χ4n) is 3.71. The lowest BCUT2D eigenvalue weighted by atomic mass is 9.82. The van der Waals surface area contributed by atoms with Crippen molar-refractivity contribution in [1.82, 2.24) is 10.3 Å². The molecule has 1 aromatic heterocycles. The Bertz CT molecular complexity index is 631. The van der Waals surface area contributed by atoms with Gasteiger partial charge in [0, 0.05) is 29.9 Å². The highest BCUT2D eigenvalue weighted by molar-refractivity contribution is 5.36. The van der Waals surface area contributed by atoms with Crippen molar-refractivity contribution >= 4 is 0 Å². The zero-order chi connectivity index (χ0) is 15.0. The van der Waals surface area contributed by atoms with E-state index in [1.54, 1.807) is 0 Å². The van der Waals surface area contributed by atoms with Gasteiger partial charge in [0.25, 0.3) is 0 Å². The smallest absolute Gasteiger partial charge is 0.0334 e. The van der Waals surface area contributed by atoms with Crippen LogP contribution in [0.1, 0.15) is 54.5 Å². The summed E-state index contributed by atoms with van der Waals surface area (Å²) < 4.78 is 0. The van der Waals surface area contributed by atoms with Gasteiger partial charge in [0.2, 0.25) is 0 Å². The number of nitrogens with one attached hydrogen (secondary N) is 1. The lowest BCUT2D eigenvalue weighted by molar-refractivity contribution is 0.397. The van der Waals surface area contributed by atoms with E-state index in [0.717, 1.165) is 6.42 Å².